The van der Waals surface area contributed by atoms with E-state index < -0.39 is 0 Å². The molecule has 2 N–H and O–H groups in total. The van der Waals surface area contributed by atoms with Gasteiger partial charge in [-0.3, -0.25) is 0 Å². The molecule has 0 aliphatic carbocycles. The van der Waals surface area contributed by atoms with Gasteiger partial charge in [-0.25, -0.2) is 0 Å². The van der Waals surface area contributed by atoms with E-state index >= 15 is 0 Å². The van der Waals surface area contributed by atoms with Crippen LogP contribution >= 0.6 is 0 Å². The molecule has 0 radical (unpaired) electrons. The van der Waals surface area contributed by atoms with Gasteiger partial charge in [-0.05, 0) is 31.0 Å². The van der Waals surface area contributed by atoms with Crippen LogP contribution in [0.3, 0.4) is 0 Å². The highest BCUT2D eigenvalue weighted by Gasteiger charge is 1.96. The summed E-state index contributed by atoms with van der Waals surface area (Å²) in [6, 6.07) is 8.13. The normalized spacial score (nSPS) is 9.86. The third-order valence-electron chi connectivity index (χ3n) is 3.29. The third-order valence-corrected chi connectivity index (χ3v) is 3.29. The Morgan fingerprint density at radius 2 is 1.71 bits per heavy atom. The van der Waals surface area contributed by atoms with Crippen molar-refractivity contribution in [3.63, 3.8) is 0 Å². The van der Waals surface area contributed by atoms with Gasteiger partial charge in [0.15, 0.2) is 0 Å². The summed E-state index contributed by atoms with van der Waals surface area (Å²) in [6.07, 6.45) is 9.91. The maximum absolute atomic E-state index is 5.34. The Kier molecular flexibility index (Phi) is 14.5. The van der Waals surface area contributed by atoms with Crippen molar-refractivity contribution >= 4 is 6.08 Å². The maximum atomic E-state index is 5.34. The molecule has 0 aliphatic rings. The lowest BCUT2D eigenvalue weighted by Gasteiger charge is -2.04. The summed E-state index contributed by atoms with van der Waals surface area (Å²) in [6.45, 7) is 10.3. The van der Waals surface area contributed by atoms with Crippen molar-refractivity contribution in [2.24, 2.45) is 5.73 Å². The topological polar surface area (TPSA) is 35.2 Å². The Labute approximate surface area is 131 Å². The van der Waals surface area contributed by atoms with Gasteiger partial charge in [0.2, 0.25) is 0 Å². The average Bonchev–Trinajstić information content (AvgIpc) is 2.53. The number of unbranched alkanes of at least 4 members (excludes halogenated alkanes) is 5. The molecule has 0 atom stereocenters. The largest absolute Gasteiger partial charge is 0.377 e. The van der Waals surface area contributed by atoms with Crippen LogP contribution in [0.2, 0.25) is 0 Å². The van der Waals surface area contributed by atoms with Crippen LogP contribution in [0.4, 0.5) is 0 Å². The van der Waals surface area contributed by atoms with E-state index in [1.54, 1.807) is 0 Å². The first-order valence-electron chi connectivity index (χ1n) is 8.28. The van der Waals surface area contributed by atoms with E-state index in [1.165, 1.54) is 44.1 Å². The van der Waals surface area contributed by atoms with Crippen LogP contribution in [0.5, 0.6) is 0 Å². The van der Waals surface area contributed by atoms with Gasteiger partial charge < -0.3 is 10.5 Å². The minimum atomic E-state index is 0.679. The molecule has 120 valence electrons. The molecule has 2 heteroatoms. The van der Waals surface area contributed by atoms with Gasteiger partial charge in [0, 0.05) is 6.61 Å². The van der Waals surface area contributed by atoms with Crippen molar-refractivity contribution in [2.75, 3.05) is 13.2 Å². The Bertz CT molecular complexity index is 343. The molecule has 0 aliphatic heterocycles. The van der Waals surface area contributed by atoms with Gasteiger partial charge in [0.25, 0.3) is 0 Å². The lowest BCUT2D eigenvalue weighted by atomic mass is 10.1. The predicted octanol–water partition coefficient (Wildman–Crippen LogP) is 5.17. The number of hydrogen-bond donors (Lipinski definition) is 1. The highest BCUT2D eigenvalue weighted by atomic mass is 16.5. The highest BCUT2D eigenvalue weighted by molar-refractivity contribution is 5.51. The van der Waals surface area contributed by atoms with Crippen molar-refractivity contribution in [3.05, 3.63) is 42.0 Å². The number of rotatable bonds is 10. The summed E-state index contributed by atoms with van der Waals surface area (Å²) in [5.74, 6) is 0. The number of hydrogen-bond acceptors (Lipinski definition) is 2. The zero-order chi connectivity index (χ0) is 15.8. The first-order chi connectivity index (χ1) is 10.3. The molecular formula is C19H33NO. The summed E-state index contributed by atoms with van der Waals surface area (Å²) in [5.41, 5.74) is 7.70. The Morgan fingerprint density at radius 3 is 2.33 bits per heavy atom. The van der Waals surface area contributed by atoms with Crippen molar-refractivity contribution in [1.82, 2.24) is 0 Å². The van der Waals surface area contributed by atoms with Crippen LogP contribution < -0.4 is 5.73 Å². The van der Waals surface area contributed by atoms with Gasteiger partial charge in [0.1, 0.15) is 0 Å². The fourth-order valence-electron chi connectivity index (χ4n) is 2.00. The molecule has 1 aromatic carbocycles. The fraction of sp³-hybridized carbons (Fsp3) is 0.579. The zero-order valence-electron chi connectivity index (χ0n) is 13.9. The number of benzene rings is 1. The number of ether oxygens (including phenoxy) is 1. The minimum absolute atomic E-state index is 0.679. The lowest BCUT2D eigenvalue weighted by Crippen LogP contribution is -1.97. The third kappa shape index (κ3) is 11.2. The predicted molar refractivity (Wildman–Crippen MR) is 94.3 cm³/mol. The summed E-state index contributed by atoms with van der Waals surface area (Å²) in [5, 5.41) is 0. The SMILES string of the molecule is C=Cc1ccccc1COCC.CCCCCCCCN. The maximum Gasteiger partial charge on any atom is 0.0722 e. The van der Waals surface area contributed by atoms with E-state index in [1.807, 2.05) is 31.2 Å². The van der Waals surface area contributed by atoms with E-state index in [-0.39, 0.29) is 0 Å². The molecule has 0 spiro atoms. The van der Waals surface area contributed by atoms with E-state index in [9.17, 15) is 0 Å². The highest BCUT2D eigenvalue weighted by Crippen LogP contribution is 2.10. The molecule has 2 nitrogen and oxygen atoms in total. The molecule has 0 saturated carbocycles. The Hall–Kier alpha value is -1.12. The molecule has 0 bridgehead atoms. The van der Waals surface area contributed by atoms with Crippen molar-refractivity contribution in [2.45, 2.75) is 59.0 Å². The van der Waals surface area contributed by atoms with E-state index in [4.69, 9.17) is 10.5 Å². The van der Waals surface area contributed by atoms with Gasteiger partial charge in [-0.2, -0.15) is 0 Å². The van der Waals surface area contributed by atoms with Crippen molar-refractivity contribution in [3.8, 4) is 0 Å². The summed E-state index contributed by atoms with van der Waals surface area (Å²) in [7, 11) is 0. The molecule has 0 saturated heterocycles. The van der Waals surface area contributed by atoms with E-state index in [2.05, 4.69) is 19.6 Å². The monoisotopic (exact) mass is 291 g/mol. The van der Waals surface area contributed by atoms with Crippen LogP contribution in [0.25, 0.3) is 6.08 Å². The minimum Gasteiger partial charge on any atom is -0.377 e. The first kappa shape index (κ1) is 19.9. The molecule has 0 unspecified atom stereocenters. The molecule has 0 heterocycles. The lowest BCUT2D eigenvalue weighted by molar-refractivity contribution is 0.134. The van der Waals surface area contributed by atoms with Crippen LogP contribution in [-0.4, -0.2) is 13.2 Å². The molecule has 21 heavy (non-hydrogen) atoms. The summed E-state index contributed by atoms with van der Waals surface area (Å²) in [4.78, 5) is 0. The van der Waals surface area contributed by atoms with E-state index in [0.29, 0.717) is 6.61 Å². The Morgan fingerprint density at radius 1 is 1.05 bits per heavy atom. The van der Waals surface area contributed by atoms with Crippen molar-refractivity contribution < 1.29 is 4.74 Å². The molecule has 0 fully saturated rings. The van der Waals surface area contributed by atoms with E-state index in [0.717, 1.165) is 18.7 Å². The number of nitrogens with two attached hydrogens (primary N) is 1. The average molecular weight is 291 g/mol. The second-order valence-electron chi connectivity index (χ2n) is 5.10. The standard InChI is InChI=1S/C11H14O.C8H19N/c1-3-10-7-5-6-8-11(10)9-12-4-2;1-2-3-4-5-6-7-8-9/h3,5-8H,1,4,9H2,2H3;2-9H2,1H3. The zero-order valence-corrected chi connectivity index (χ0v) is 13.9. The van der Waals surface area contributed by atoms with Gasteiger partial charge in [0.05, 0.1) is 6.61 Å². The Balaban J connectivity index is 0.000000400. The molecule has 0 amide bonds. The quantitative estimate of drug-likeness (QED) is 0.603. The van der Waals surface area contributed by atoms with Crippen LogP contribution in [0.1, 0.15) is 63.5 Å². The molecule has 1 aromatic rings. The van der Waals surface area contributed by atoms with Crippen molar-refractivity contribution in [1.29, 1.82) is 0 Å². The fourth-order valence-corrected chi connectivity index (χ4v) is 2.00. The molecule has 0 aromatic heterocycles. The first-order valence-corrected chi connectivity index (χ1v) is 8.28. The van der Waals surface area contributed by atoms with Gasteiger partial charge >= 0.3 is 0 Å². The van der Waals surface area contributed by atoms with Crippen LogP contribution in [-0.2, 0) is 11.3 Å². The second-order valence-corrected chi connectivity index (χ2v) is 5.10. The van der Waals surface area contributed by atoms with Gasteiger partial charge in [-0.15, -0.1) is 0 Å². The van der Waals surface area contributed by atoms with Crippen LogP contribution in [0, 0.1) is 0 Å². The van der Waals surface area contributed by atoms with Gasteiger partial charge in [-0.1, -0.05) is 75.9 Å². The molecular weight excluding hydrogens is 258 g/mol. The van der Waals surface area contributed by atoms with Crippen LogP contribution in [0.15, 0.2) is 30.8 Å². The second kappa shape index (κ2) is 15.3. The summed E-state index contributed by atoms with van der Waals surface area (Å²) >= 11 is 0. The smallest absolute Gasteiger partial charge is 0.0722 e. The summed E-state index contributed by atoms with van der Waals surface area (Å²) < 4.78 is 5.31. The molecule has 1 rings (SSSR count).